The monoisotopic (exact) mass is 414 g/mol. The van der Waals surface area contributed by atoms with Crippen molar-refractivity contribution in [2.24, 2.45) is 7.05 Å². The molecule has 4 rings (SSSR count). The highest BCUT2D eigenvalue weighted by Crippen LogP contribution is 2.32. The number of aryl methyl sites for hydroxylation is 1. The van der Waals surface area contributed by atoms with Crippen molar-refractivity contribution >= 4 is 28.6 Å². The summed E-state index contributed by atoms with van der Waals surface area (Å²) in [6.07, 6.45) is 1.46. The van der Waals surface area contributed by atoms with E-state index < -0.39 is 5.92 Å². The van der Waals surface area contributed by atoms with Crippen LogP contribution in [0, 0.1) is 0 Å². The van der Waals surface area contributed by atoms with Crippen LogP contribution in [0.1, 0.15) is 44.7 Å². The van der Waals surface area contributed by atoms with E-state index in [1.165, 1.54) is 0 Å². The predicted molar refractivity (Wildman–Crippen MR) is 108 cm³/mol. The Hall–Kier alpha value is -2.94. The molecule has 0 saturated carbocycles. The predicted octanol–water partition coefficient (Wildman–Crippen LogP) is 1.16. The van der Waals surface area contributed by atoms with Gasteiger partial charge in [-0.05, 0) is 38.8 Å². The molecular formula is C21H26N4O5. The number of carbonyl (C=O) groups excluding carboxylic acids is 3. The molecule has 3 amide bonds. The van der Waals surface area contributed by atoms with Gasteiger partial charge < -0.3 is 14.8 Å². The van der Waals surface area contributed by atoms with E-state index in [9.17, 15) is 14.4 Å². The van der Waals surface area contributed by atoms with E-state index >= 15 is 0 Å². The molecule has 0 radical (unpaired) electrons. The van der Waals surface area contributed by atoms with Crippen molar-refractivity contribution in [1.82, 2.24) is 20.4 Å². The second-order valence-electron chi connectivity index (χ2n) is 8.21. The van der Waals surface area contributed by atoms with Crippen molar-refractivity contribution in [3.05, 3.63) is 23.9 Å². The summed E-state index contributed by atoms with van der Waals surface area (Å²) in [6.45, 7) is 4.45. The number of ether oxygens (including phenoxy) is 2. The molecule has 1 aromatic heterocycles. The standard InChI is InChI=1S/C21H26N4O5/c1-12-21(2,8-9-29-12)23-18(27)11-30-13-4-5-14-16(10-13)25(3)24-19(14)15-6-7-17(26)22-20(15)28/h4-5,10,12,15H,6-9,11H2,1-3H3,(H,23,27)(H,22,26,28). The molecule has 160 valence electrons. The van der Waals surface area contributed by atoms with E-state index in [0.29, 0.717) is 30.9 Å². The highest BCUT2D eigenvalue weighted by molar-refractivity contribution is 6.02. The quantitative estimate of drug-likeness (QED) is 0.710. The van der Waals surface area contributed by atoms with Gasteiger partial charge in [-0.1, -0.05) is 0 Å². The number of hydrogen-bond donors (Lipinski definition) is 2. The van der Waals surface area contributed by atoms with E-state index in [2.05, 4.69) is 15.7 Å². The lowest BCUT2D eigenvalue weighted by atomic mass is 9.93. The molecular weight excluding hydrogens is 388 g/mol. The van der Waals surface area contributed by atoms with Gasteiger partial charge in [-0.25, -0.2) is 0 Å². The van der Waals surface area contributed by atoms with E-state index in [1.54, 1.807) is 23.9 Å². The van der Waals surface area contributed by atoms with Gasteiger partial charge >= 0.3 is 0 Å². The number of rotatable bonds is 5. The van der Waals surface area contributed by atoms with Crippen LogP contribution in [0.4, 0.5) is 0 Å². The largest absolute Gasteiger partial charge is 0.484 e. The Bertz CT molecular complexity index is 1020. The number of carbonyl (C=O) groups is 3. The normalized spacial score (nSPS) is 26.6. The maximum absolute atomic E-state index is 12.3. The van der Waals surface area contributed by atoms with Gasteiger partial charge in [0.2, 0.25) is 11.8 Å². The summed E-state index contributed by atoms with van der Waals surface area (Å²) in [5.74, 6) is -0.694. The van der Waals surface area contributed by atoms with Crippen molar-refractivity contribution in [2.45, 2.75) is 50.7 Å². The maximum atomic E-state index is 12.3. The van der Waals surface area contributed by atoms with Gasteiger partial charge in [0.25, 0.3) is 5.91 Å². The zero-order valence-corrected chi connectivity index (χ0v) is 17.4. The van der Waals surface area contributed by atoms with E-state index in [1.807, 2.05) is 19.9 Å². The summed E-state index contributed by atoms with van der Waals surface area (Å²) in [7, 11) is 1.79. The number of imide groups is 1. The summed E-state index contributed by atoms with van der Waals surface area (Å²) in [5, 5.41) is 10.7. The molecule has 2 fully saturated rings. The number of aromatic nitrogens is 2. The summed E-state index contributed by atoms with van der Waals surface area (Å²) in [6, 6.07) is 5.40. The molecule has 30 heavy (non-hydrogen) atoms. The Morgan fingerprint density at radius 1 is 1.43 bits per heavy atom. The smallest absolute Gasteiger partial charge is 0.258 e. The fourth-order valence-electron chi connectivity index (χ4n) is 4.07. The maximum Gasteiger partial charge on any atom is 0.258 e. The molecule has 2 aliphatic heterocycles. The van der Waals surface area contributed by atoms with Gasteiger partial charge in [-0.15, -0.1) is 0 Å². The minimum absolute atomic E-state index is 0.0436. The van der Waals surface area contributed by atoms with Crippen LogP contribution >= 0.6 is 0 Å². The number of benzene rings is 1. The van der Waals surface area contributed by atoms with Gasteiger partial charge in [0.05, 0.1) is 28.8 Å². The summed E-state index contributed by atoms with van der Waals surface area (Å²) < 4.78 is 12.9. The molecule has 9 nitrogen and oxygen atoms in total. The Morgan fingerprint density at radius 3 is 2.93 bits per heavy atom. The van der Waals surface area contributed by atoms with E-state index in [-0.39, 0.29) is 36.0 Å². The van der Waals surface area contributed by atoms with Gasteiger partial charge in [0.1, 0.15) is 5.75 Å². The van der Waals surface area contributed by atoms with Gasteiger partial charge in [0, 0.05) is 31.5 Å². The molecule has 3 atom stereocenters. The van der Waals surface area contributed by atoms with Gasteiger partial charge in [-0.2, -0.15) is 5.10 Å². The highest BCUT2D eigenvalue weighted by Gasteiger charge is 2.38. The molecule has 3 unspecified atom stereocenters. The Kier molecular flexibility index (Phi) is 5.23. The number of nitrogens with one attached hydrogen (secondary N) is 2. The minimum atomic E-state index is -0.458. The first-order valence-corrected chi connectivity index (χ1v) is 10.1. The third kappa shape index (κ3) is 3.77. The highest BCUT2D eigenvalue weighted by atomic mass is 16.5. The van der Waals surface area contributed by atoms with Crippen molar-refractivity contribution < 1.29 is 23.9 Å². The molecule has 2 aliphatic rings. The van der Waals surface area contributed by atoms with Crippen molar-refractivity contribution in [3.63, 3.8) is 0 Å². The minimum Gasteiger partial charge on any atom is -0.484 e. The molecule has 2 saturated heterocycles. The molecule has 1 aromatic carbocycles. The summed E-state index contributed by atoms with van der Waals surface area (Å²) >= 11 is 0. The first-order valence-electron chi connectivity index (χ1n) is 10.1. The molecule has 0 spiro atoms. The topological polar surface area (TPSA) is 112 Å². The van der Waals surface area contributed by atoms with Crippen LogP contribution < -0.4 is 15.4 Å². The zero-order chi connectivity index (χ0) is 21.5. The second-order valence-corrected chi connectivity index (χ2v) is 8.21. The zero-order valence-electron chi connectivity index (χ0n) is 17.4. The molecule has 3 heterocycles. The Balaban J connectivity index is 1.46. The Labute approximate surface area is 174 Å². The number of hydrogen-bond acceptors (Lipinski definition) is 6. The molecule has 9 heteroatoms. The van der Waals surface area contributed by atoms with E-state index in [4.69, 9.17) is 9.47 Å². The number of nitrogens with zero attached hydrogens (tertiary/aromatic N) is 2. The number of piperidine rings is 1. The third-order valence-electron chi connectivity index (χ3n) is 6.10. The lowest BCUT2D eigenvalue weighted by molar-refractivity contribution is -0.134. The molecule has 0 bridgehead atoms. The van der Waals surface area contributed by atoms with Crippen molar-refractivity contribution in [2.75, 3.05) is 13.2 Å². The molecule has 0 aliphatic carbocycles. The van der Waals surface area contributed by atoms with Crippen molar-refractivity contribution in [1.29, 1.82) is 0 Å². The van der Waals surface area contributed by atoms with Crippen LogP contribution in [0.2, 0.25) is 0 Å². The Morgan fingerprint density at radius 2 is 2.23 bits per heavy atom. The molecule has 2 aromatic rings. The van der Waals surface area contributed by atoms with Crippen LogP contribution in [0.25, 0.3) is 10.9 Å². The van der Waals surface area contributed by atoms with Crippen molar-refractivity contribution in [3.8, 4) is 5.75 Å². The van der Waals surface area contributed by atoms with Crippen LogP contribution in [0.3, 0.4) is 0 Å². The van der Waals surface area contributed by atoms with Gasteiger partial charge in [0.15, 0.2) is 6.61 Å². The lowest BCUT2D eigenvalue weighted by Gasteiger charge is -2.28. The van der Waals surface area contributed by atoms with Crippen LogP contribution in [-0.4, -0.2) is 52.4 Å². The average molecular weight is 414 g/mol. The average Bonchev–Trinajstić information content (AvgIpc) is 3.19. The lowest BCUT2D eigenvalue weighted by Crippen LogP contribution is -2.52. The number of amides is 3. The third-order valence-corrected chi connectivity index (χ3v) is 6.10. The van der Waals surface area contributed by atoms with Crippen LogP contribution in [-0.2, 0) is 26.2 Å². The molecule has 2 N–H and O–H groups in total. The van der Waals surface area contributed by atoms with E-state index in [0.717, 1.165) is 17.3 Å². The second kappa shape index (κ2) is 7.71. The fourth-order valence-corrected chi connectivity index (χ4v) is 4.07. The van der Waals surface area contributed by atoms with Crippen LogP contribution in [0.5, 0.6) is 5.75 Å². The van der Waals surface area contributed by atoms with Crippen LogP contribution in [0.15, 0.2) is 18.2 Å². The first kappa shape index (κ1) is 20.3. The fraction of sp³-hybridized carbons (Fsp3) is 0.524. The number of fused-ring (bicyclic) bond motifs is 1. The summed E-state index contributed by atoms with van der Waals surface area (Å²) in [4.78, 5) is 36.0. The SMILES string of the molecule is CC1OCCC1(C)NC(=O)COc1ccc2c(C3CCC(=O)NC3=O)nn(C)c2c1. The first-order chi connectivity index (χ1) is 14.3. The van der Waals surface area contributed by atoms with Gasteiger partial charge in [-0.3, -0.25) is 24.4 Å². The summed E-state index contributed by atoms with van der Waals surface area (Å²) in [5.41, 5.74) is 1.05.